The molecule has 18 heavy (non-hydrogen) atoms. The number of hydrogen-bond acceptors (Lipinski definition) is 5. The number of hydrogen-bond donors (Lipinski definition) is 3. The van der Waals surface area contributed by atoms with Gasteiger partial charge in [-0.15, -0.1) is 0 Å². The second-order valence-electron chi connectivity index (χ2n) is 3.84. The molecule has 2 rings (SSSR count). The van der Waals surface area contributed by atoms with Crippen LogP contribution in [0.5, 0.6) is 0 Å². The van der Waals surface area contributed by atoms with Crippen LogP contribution in [-0.2, 0) is 4.74 Å². The maximum atomic E-state index is 13.1. The Bertz CT molecular complexity index is 559. The van der Waals surface area contributed by atoms with E-state index in [0.29, 0.717) is 10.8 Å². The van der Waals surface area contributed by atoms with Crippen LogP contribution in [0.3, 0.4) is 0 Å². The first-order valence-corrected chi connectivity index (χ1v) is 6.16. The van der Waals surface area contributed by atoms with Gasteiger partial charge in [-0.2, -0.15) is 4.39 Å². The highest BCUT2D eigenvalue weighted by atomic mass is 79.9. The molecule has 100 valence electrons. The van der Waals surface area contributed by atoms with Crippen LogP contribution in [0.4, 0.5) is 4.39 Å². The second-order valence-corrected chi connectivity index (χ2v) is 4.49. The van der Waals surface area contributed by atoms with Crippen LogP contribution in [-0.4, -0.2) is 43.4 Å². The van der Waals surface area contributed by atoms with E-state index in [4.69, 9.17) is 4.74 Å². The van der Waals surface area contributed by atoms with Gasteiger partial charge in [0.2, 0.25) is 5.82 Å². The Balaban J connectivity index is 2.42. The summed E-state index contributed by atoms with van der Waals surface area (Å²) in [6.07, 6.45) is -3.95. The summed E-state index contributed by atoms with van der Waals surface area (Å²) in [6.45, 7) is 0. The normalized spacial score (nSPS) is 31.8. The molecule has 0 radical (unpaired) electrons. The molecule has 1 aliphatic heterocycles. The van der Waals surface area contributed by atoms with Gasteiger partial charge >= 0.3 is 5.69 Å². The van der Waals surface area contributed by atoms with E-state index in [1.165, 1.54) is 0 Å². The van der Waals surface area contributed by atoms with Crippen molar-refractivity contribution in [1.82, 2.24) is 9.55 Å². The average Bonchev–Trinajstić information content (AvgIpc) is 2.61. The van der Waals surface area contributed by atoms with Gasteiger partial charge in [0, 0.05) is 5.33 Å². The standard InChI is InChI=1S/C9H10BrFN2O5/c10-1-4-5(14)6(15)8(18-4)13-2-3(11)7(16)12-9(13)17/h2,4-6,8,14-15H,1H2,(H,12,16,17)/t4-,5-,6-,8?/m1/s1. The zero-order chi connectivity index (χ0) is 13.4. The third-order valence-electron chi connectivity index (χ3n) is 2.69. The summed E-state index contributed by atoms with van der Waals surface area (Å²) < 4.78 is 19.0. The Morgan fingerprint density at radius 1 is 1.44 bits per heavy atom. The van der Waals surface area contributed by atoms with E-state index in [0.717, 1.165) is 0 Å². The van der Waals surface area contributed by atoms with Gasteiger partial charge in [-0.25, -0.2) is 4.79 Å². The fourth-order valence-corrected chi connectivity index (χ4v) is 2.27. The molecule has 9 heteroatoms. The molecule has 1 saturated heterocycles. The van der Waals surface area contributed by atoms with Crippen LogP contribution in [0.25, 0.3) is 0 Å². The lowest BCUT2D eigenvalue weighted by Gasteiger charge is -2.16. The molecular weight excluding hydrogens is 315 g/mol. The maximum absolute atomic E-state index is 13.1. The first-order valence-electron chi connectivity index (χ1n) is 5.04. The van der Waals surface area contributed by atoms with E-state index in [9.17, 15) is 24.2 Å². The molecule has 4 atom stereocenters. The lowest BCUT2D eigenvalue weighted by atomic mass is 10.1. The molecule has 1 unspecified atom stereocenters. The third kappa shape index (κ3) is 2.14. The van der Waals surface area contributed by atoms with Crippen molar-refractivity contribution in [3.8, 4) is 0 Å². The minimum atomic E-state index is -1.39. The molecule has 1 aromatic heterocycles. The Morgan fingerprint density at radius 2 is 2.11 bits per heavy atom. The summed E-state index contributed by atoms with van der Waals surface area (Å²) in [7, 11) is 0. The summed E-state index contributed by atoms with van der Waals surface area (Å²) in [5.41, 5.74) is -2.07. The van der Waals surface area contributed by atoms with Gasteiger partial charge in [0.05, 0.1) is 12.3 Å². The number of aromatic amines is 1. The van der Waals surface area contributed by atoms with Crippen molar-refractivity contribution in [2.75, 3.05) is 5.33 Å². The van der Waals surface area contributed by atoms with Crippen LogP contribution < -0.4 is 11.2 Å². The number of nitrogens with zero attached hydrogens (tertiary/aromatic N) is 1. The van der Waals surface area contributed by atoms with E-state index in [-0.39, 0.29) is 5.33 Å². The predicted octanol–water partition coefficient (Wildman–Crippen LogP) is -1.31. The van der Waals surface area contributed by atoms with Crippen LogP contribution in [0, 0.1) is 5.82 Å². The third-order valence-corrected chi connectivity index (χ3v) is 3.33. The fraction of sp³-hybridized carbons (Fsp3) is 0.556. The van der Waals surface area contributed by atoms with Crippen molar-refractivity contribution in [2.45, 2.75) is 24.5 Å². The summed E-state index contributed by atoms with van der Waals surface area (Å²) in [4.78, 5) is 24.1. The van der Waals surface area contributed by atoms with E-state index < -0.39 is 41.6 Å². The van der Waals surface area contributed by atoms with Crippen molar-refractivity contribution >= 4 is 15.9 Å². The van der Waals surface area contributed by atoms with Crippen molar-refractivity contribution in [3.05, 3.63) is 32.9 Å². The lowest BCUT2D eigenvalue weighted by Crippen LogP contribution is -2.38. The molecule has 1 aliphatic rings. The van der Waals surface area contributed by atoms with Crippen molar-refractivity contribution in [1.29, 1.82) is 0 Å². The van der Waals surface area contributed by atoms with Gasteiger partial charge in [0.25, 0.3) is 5.56 Å². The maximum Gasteiger partial charge on any atom is 0.330 e. The molecule has 0 saturated carbocycles. The molecule has 0 aliphatic carbocycles. The first-order chi connectivity index (χ1) is 8.45. The second kappa shape index (κ2) is 4.92. The quantitative estimate of drug-likeness (QED) is 0.586. The van der Waals surface area contributed by atoms with Gasteiger partial charge in [0.15, 0.2) is 6.23 Å². The summed E-state index contributed by atoms with van der Waals surface area (Å²) in [6, 6.07) is 0. The molecule has 0 spiro atoms. The van der Waals surface area contributed by atoms with Crippen molar-refractivity contribution < 1.29 is 19.3 Å². The number of nitrogens with one attached hydrogen (secondary N) is 1. The highest BCUT2D eigenvalue weighted by molar-refractivity contribution is 9.09. The number of halogens is 2. The van der Waals surface area contributed by atoms with Gasteiger partial charge in [-0.05, 0) is 0 Å². The van der Waals surface area contributed by atoms with E-state index >= 15 is 0 Å². The SMILES string of the molecule is O=c1[nH]c(=O)n(C2O[C@H](CBr)[C@@H](O)[C@H]2O)cc1F. The van der Waals surface area contributed by atoms with Crippen molar-refractivity contribution in [2.24, 2.45) is 0 Å². The lowest BCUT2D eigenvalue weighted by molar-refractivity contribution is -0.0344. The number of aromatic nitrogens is 2. The number of alkyl halides is 1. The molecule has 1 fully saturated rings. The Labute approximate surface area is 108 Å². The minimum Gasteiger partial charge on any atom is -0.387 e. The molecule has 0 amide bonds. The van der Waals surface area contributed by atoms with Crippen LogP contribution in [0.1, 0.15) is 6.23 Å². The number of H-pyrrole nitrogens is 1. The largest absolute Gasteiger partial charge is 0.387 e. The monoisotopic (exact) mass is 324 g/mol. The topological polar surface area (TPSA) is 105 Å². The van der Waals surface area contributed by atoms with Crippen LogP contribution >= 0.6 is 15.9 Å². The fourth-order valence-electron chi connectivity index (χ4n) is 1.74. The Kier molecular flexibility index (Phi) is 3.66. The first kappa shape index (κ1) is 13.4. The molecule has 2 heterocycles. The molecule has 1 aromatic rings. The highest BCUT2D eigenvalue weighted by Gasteiger charge is 2.43. The van der Waals surface area contributed by atoms with E-state index in [1.54, 1.807) is 4.98 Å². The zero-order valence-corrected chi connectivity index (χ0v) is 10.5. The van der Waals surface area contributed by atoms with Gasteiger partial charge in [-0.1, -0.05) is 15.9 Å². The van der Waals surface area contributed by atoms with E-state index in [1.807, 2.05) is 0 Å². The van der Waals surface area contributed by atoms with Crippen LogP contribution in [0.2, 0.25) is 0 Å². The number of aliphatic hydroxyl groups excluding tert-OH is 2. The molecule has 0 bridgehead atoms. The van der Waals surface area contributed by atoms with Gasteiger partial charge in [0.1, 0.15) is 12.2 Å². The Hall–Kier alpha value is -1.03. The molecule has 0 aromatic carbocycles. The summed E-state index contributed by atoms with van der Waals surface area (Å²) in [5.74, 6) is -1.18. The molecule has 7 nitrogen and oxygen atoms in total. The smallest absolute Gasteiger partial charge is 0.330 e. The summed E-state index contributed by atoms with van der Waals surface area (Å²) >= 11 is 3.07. The van der Waals surface area contributed by atoms with Gasteiger partial charge in [-0.3, -0.25) is 14.3 Å². The van der Waals surface area contributed by atoms with E-state index in [2.05, 4.69) is 15.9 Å². The number of ether oxygens (including phenoxy) is 1. The van der Waals surface area contributed by atoms with Gasteiger partial charge < -0.3 is 14.9 Å². The zero-order valence-electron chi connectivity index (χ0n) is 8.92. The Morgan fingerprint density at radius 3 is 2.67 bits per heavy atom. The average molecular weight is 325 g/mol. The molecular formula is C9H10BrFN2O5. The number of aliphatic hydroxyl groups is 2. The minimum absolute atomic E-state index is 0.238. The highest BCUT2D eigenvalue weighted by Crippen LogP contribution is 2.29. The predicted molar refractivity (Wildman–Crippen MR) is 61.0 cm³/mol. The molecule has 3 N–H and O–H groups in total. The van der Waals surface area contributed by atoms with Crippen molar-refractivity contribution in [3.63, 3.8) is 0 Å². The van der Waals surface area contributed by atoms with Crippen LogP contribution in [0.15, 0.2) is 15.8 Å². The number of rotatable bonds is 2. The summed E-state index contributed by atoms with van der Waals surface area (Å²) in [5, 5.41) is 19.6.